The monoisotopic (exact) mass is 262 g/mol. The summed E-state index contributed by atoms with van der Waals surface area (Å²) < 4.78 is 5.57. The van der Waals surface area contributed by atoms with Gasteiger partial charge in [-0.2, -0.15) is 0 Å². The largest absolute Gasteiger partial charge is 0.478 e. The van der Waals surface area contributed by atoms with Gasteiger partial charge in [0.25, 0.3) is 0 Å². The number of carboxylic acids is 1. The van der Waals surface area contributed by atoms with Gasteiger partial charge >= 0.3 is 5.97 Å². The number of carbonyl (C=O) groups is 1. The number of halogens is 1. The summed E-state index contributed by atoms with van der Waals surface area (Å²) in [5.74, 6) is -0.145. The minimum atomic E-state index is -1.02. The van der Waals surface area contributed by atoms with Crippen molar-refractivity contribution >= 4 is 17.6 Å². The Morgan fingerprint density at radius 3 is 2.61 bits per heavy atom. The molecule has 0 aliphatic carbocycles. The van der Waals surface area contributed by atoms with Crippen LogP contribution >= 0.6 is 11.6 Å². The molecular formula is C14H11ClO3. The number of ether oxygens (including phenoxy) is 1. The van der Waals surface area contributed by atoms with E-state index in [1.54, 1.807) is 36.4 Å². The molecule has 0 bridgehead atoms. The summed E-state index contributed by atoms with van der Waals surface area (Å²) in [4.78, 5) is 11.0. The summed E-state index contributed by atoms with van der Waals surface area (Å²) in [7, 11) is 0. The molecule has 2 aromatic carbocycles. The molecule has 0 amide bonds. The first-order chi connectivity index (χ1) is 8.58. The molecule has 0 fully saturated rings. The summed E-state index contributed by atoms with van der Waals surface area (Å²) in [6, 6.07) is 11.7. The van der Waals surface area contributed by atoms with Crippen LogP contribution in [-0.4, -0.2) is 11.1 Å². The van der Waals surface area contributed by atoms with Crippen LogP contribution in [0.15, 0.2) is 42.5 Å². The van der Waals surface area contributed by atoms with E-state index in [0.29, 0.717) is 16.5 Å². The lowest BCUT2D eigenvalue weighted by Gasteiger charge is -2.09. The van der Waals surface area contributed by atoms with Crippen LogP contribution in [-0.2, 0) is 0 Å². The van der Waals surface area contributed by atoms with E-state index in [1.807, 2.05) is 6.92 Å². The summed E-state index contributed by atoms with van der Waals surface area (Å²) in [6.45, 7) is 1.86. The number of para-hydroxylation sites is 1. The number of hydrogen-bond donors (Lipinski definition) is 1. The van der Waals surface area contributed by atoms with Crippen LogP contribution in [0.2, 0.25) is 5.02 Å². The van der Waals surface area contributed by atoms with Gasteiger partial charge in [0.15, 0.2) is 0 Å². The molecule has 0 aromatic heterocycles. The van der Waals surface area contributed by atoms with Gasteiger partial charge in [-0.1, -0.05) is 23.7 Å². The van der Waals surface area contributed by atoms with E-state index in [-0.39, 0.29) is 5.56 Å². The second kappa shape index (κ2) is 5.10. The molecule has 0 spiro atoms. The molecule has 0 aliphatic heterocycles. The van der Waals surface area contributed by atoms with Crippen molar-refractivity contribution in [1.29, 1.82) is 0 Å². The van der Waals surface area contributed by atoms with Crippen LogP contribution in [0.3, 0.4) is 0 Å². The zero-order chi connectivity index (χ0) is 13.1. The molecule has 0 aliphatic rings. The van der Waals surface area contributed by atoms with Crippen LogP contribution in [0, 0.1) is 6.92 Å². The molecule has 0 saturated heterocycles. The Bertz CT molecular complexity index is 593. The van der Waals surface area contributed by atoms with E-state index in [4.69, 9.17) is 21.4 Å². The first-order valence-corrected chi connectivity index (χ1v) is 5.72. The zero-order valence-corrected chi connectivity index (χ0v) is 10.4. The number of benzene rings is 2. The van der Waals surface area contributed by atoms with Crippen LogP contribution in [0.5, 0.6) is 11.5 Å². The molecule has 2 rings (SSSR count). The lowest BCUT2D eigenvalue weighted by atomic mass is 10.2. The SMILES string of the molecule is Cc1cc(Oc2ccccc2C(=O)O)ccc1Cl. The van der Waals surface area contributed by atoms with E-state index in [2.05, 4.69) is 0 Å². The minimum Gasteiger partial charge on any atom is -0.478 e. The van der Waals surface area contributed by atoms with Crippen molar-refractivity contribution < 1.29 is 14.6 Å². The molecule has 3 nitrogen and oxygen atoms in total. The smallest absolute Gasteiger partial charge is 0.339 e. The van der Waals surface area contributed by atoms with Crippen molar-refractivity contribution in [2.24, 2.45) is 0 Å². The normalized spacial score (nSPS) is 10.1. The maximum absolute atomic E-state index is 11.0. The molecule has 92 valence electrons. The highest BCUT2D eigenvalue weighted by Crippen LogP contribution is 2.28. The molecule has 18 heavy (non-hydrogen) atoms. The average Bonchev–Trinajstić information content (AvgIpc) is 2.34. The molecule has 0 radical (unpaired) electrons. The van der Waals surface area contributed by atoms with E-state index >= 15 is 0 Å². The van der Waals surface area contributed by atoms with Gasteiger partial charge in [-0.05, 0) is 42.8 Å². The van der Waals surface area contributed by atoms with Gasteiger partial charge in [0, 0.05) is 5.02 Å². The van der Waals surface area contributed by atoms with Crippen molar-refractivity contribution in [2.45, 2.75) is 6.92 Å². The van der Waals surface area contributed by atoms with Crippen LogP contribution in [0.25, 0.3) is 0 Å². The van der Waals surface area contributed by atoms with Gasteiger partial charge in [0.1, 0.15) is 17.1 Å². The molecule has 0 heterocycles. The quantitative estimate of drug-likeness (QED) is 0.904. The third kappa shape index (κ3) is 2.63. The Morgan fingerprint density at radius 2 is 1.94 bits per heavy atom. The highest BCUT2D eigenvalue weighted by atomic mass is 35.5. The molecule has 0 atom stereocenters. The Kier molecular flexibility index (Phi) is 3.53. The molecular weight excluding hydrogens is 252 g/mol. The highest BCUT2D eigenvalue weighted by Gasteiger charge is 2.11. The van der Waals surface area contributed by atoms with Crippen molar-refractivity contribution in [3.63, 3.8) is 0 Å². The maximum atomic E-state index is 11.0. The Hall–Kier alpha value is -2.00. The van der Waals surface area contributed by atoms with Gasteiger partial charge in [0.05, 0.1) is 0 Å². The van der Waals surface area contributed by atoms with E-state index in [9.17, 15) is 4.79 Å². The predicted molar refractivity (Wildman–Crippen MR) is 69.7 cm³/mol. The Balaban J connectivity index is 2.34. The number of aromatic carboxylic acids is 1. The van der Waals surface area contributed by atoms with Crippen LogP contribution < -0.4 is 4.74 Å². The molecule has 0 saturated carbocycles. The Morgan fingerprint density at radius 1 is 1.22 bits per heavy atom. The first kappa shape index (κ1) is 12.5. The first-order valence-electron chi connectivity index (χ1n) is 5.34. The topological polar surface area (TPSA) is 46.5 Å². The lowest BCUT2D eigenvalue weighted by Crippen LogP contribution is -1.99. The summed E-state index contributed by atoms with van der Waals surface area (Å²) in [6.07, 6.45) is 0. The van der Waals surface area contributed by atoms with Gasteiger partial charge in [-0.25, -0.2) is 4.79 Å². The maximum Gasteiger partial charge on any atom is 0.339 e. The third-order valence-electron chi connectivity index (χ3n) is 2.47. The predicted octanol–water partition coefficient (Wildman–Crippen LogP) is 4.14. The van der Waals surface area contributed by atoms with Crippen LogP contribution in [0.1, 0.15) is 15.9 Å². The number of rotatable bonds is 3. The van der Waals surface area contributed by atoms with E-state index in [1.165, 1.54) is 6.07 Å². The van der Waals surface area contributed by atoms with Crippen molar-refractivity contribution in [1.82, 2.24) is 0 Å². The summed E-state index contributed by atoms with van der Waals surface area (Å²) >= 11 is 5.92. The van der Waals surface area contributed by atoms with Crippen LogP contribution in [0.4, 0.5) is 0 Å². The summed E-state index contributed by atoms with van der Waals surface area (Å²) in [5.41, 5.74) is 1.01. The van der Waals surface area contributed by atoms with Crippen molar-refractivity contribution in [2.75, 3.05) is 0 Å². The second-order valence-electron chi connectivity index (χ2n) is 3.81. The third-order valence-corrected chi connectivity index (χ3v) is 2.90. The lowest BCUT2D eigenvalue weighted by molar-refractivity contribution is 0.0694. The van der Waals surface area contributed by atoms with Crippen molar-refractivity contribution in [3.05, 3.63) is 58.6 Å². The van der Waals surface area contributed by atoms with Gasteiger partial charge < -0.3 is 9.84 Å². The van der Waals surface area contributed by atoms with E-state index < -0.39 is 5.97 Å². The fourth-order valence-corrected chi connectivity index (χ4v) is 1.66. The molecule has 1 N–H and O–H groups in total. The standard InChI is InChI=1S/C14H11ClO3/c1-9-8-10(6-7-12(9)15)18-13-5-3-2-4-11(13)14(16)17/h2-8H,1H3,(H,16,17). The van der Waals surface area contributed by atoms with Crippen molar-refractivity contribution in [3.8, 4) is 11.5 Å². The Labute approximate surface area is 110 Å². The molecule has 2 aromatic rings. The number of hydrogen-bond acceptors (Lipinski definition) is 2. The van der Waals surface area contributed by atoms with E-state index in [0.717, 1.165) is 5.56 Å². The zero-order valence-electron chi connectivity index (χ0n) is 9.68. The number of carboxylic acid groups (broad SMARTS) is 1. The highest BCUT2D eigenvalue weighted by molar-refractivity contribution is 6.31. The fraction of sp³-hybridized carbons (Fsp3) is 0.0714. The number of aryl methyl sites for hydroxylation is 1. The minimum absolute atomic E-state index is 0.130. The summed E-state index contributed by atoms with van der Waals surface area (Å²) in [5, 5.41) is 9.69. The fourth-order valence-electron chi connectivity index (χ4n) is 1.54. The average molecular weight is 263 g/mol. The molecule has 0 unspecified atom stereocenters. The van der Waals surface area contributed by atoms with Gasteiger partial charge in [-0.15, -0.1) is 0 Å². The second-order valence-corrected chi connectivity index (χ2v) is 4.22. The van der Waals surface area contributed by atoms with Gasteiger partial charge in [-0.3, -0.25) is 0 Å². The van der Waals surface area contributed by atoms with Gasteiger partial charge in [0.2, 0.25) is 0 Å². The molecule has 4 heteroatoms.